The number of phenols is 1. The number of aromatic nitrogens is 3. The van der Waals surface area contributed by atoms with Gasteiger partial charge in [0.25, 0.3) is 12.4 Å². The van der Waals surface area contributed by atoms with Crippen molar-refractivity contribution < 1.29 is 171 Å². The number of pyridine rings is 3. The van der Waals surface area contributed by atoms with E-state index in [0.717, 1.165) is 6.92 Å². The third kappa shape index (κ3) is 23.0. The van der Waals surface area contributed by atoms with E-state index in [2.05, 4.69) is 19.8 Å². The maximum atomic E-state index is 11.0. The molecule has 0 atom stereocenters. The Morgan fingerprint density at radius 3 is 1.31 bits per heavy atom. The monoisotopic (exact) mass is 1200 g/mol. The van der Waals surface area contributed by atoms with Crippen molar-refractivity contribution in [3.63, 3.8) is 0 Å². The topological polar surface area (TPSA) is 432 Å². The van der Waals surface area contributed by atoms with Gasteiger partial charge in [-0.3, -0.25) is 29.8 Å². The zero-order valence-corrected chi connectivity index (χ0v) is 48.4. The SMILES string of the molecule is CC(=O)O.Nc1ccc(O)c(Cl)c1Cl.Nc1ccc(Oc2ccnc(N)c2N)c(Cl)c1Cl.Nc1ccc(Oc2ccnc(N)c2[N+](=O)[O-])c(Cl)c1Cl.Nc1nccc(Cl)c1[N+](=O)[O-].O=CO[O-].[Fe].[H-].[K+].[K+]. The summed E-state index contributed by atoms with van der Waals surface area (Å²) in [5, 5.41) is 46.9. The van der Waals surface area contributed by atoms with Gasteiger partial charge in [0.2, 0.25) is 17.4 Å². The minimum atomic E-state index is -0.833. The predicted octanol–water partition coefficient (Wildman–Crippen LogP) is 2.33. The van der Waals surface area contributed by atoms with Crippen molar-refractivity contribution in [3.05, 3.63) is 129 Å². The summed E-state index contributed by atoms with van der Waals surface area (Å²) in [4.78, 5) is 51.1. The zero-order valence-electron chi connectivity index (χ0n) is 36.8. The van der Waals surface area contributed by atoms with Gasteiger partial charge in [-0.25, -0.2) is 15.0 Å². The Hall–Kier alpha value is -3.37. The van der Waals surface area contributed by atoms with Crippen molar-refractivity contribution in [2.24, 2.45) is 0 Å². The van der Waals surface area contributed by atoms with Crippen LogP contribution in [0.25, 0.3) is 0 Å². The number of halogens is 7. The Morgan fingerprint density at radius 2 is 0.943 bits per heavy atom. The van der Waals surface area contributed by atoms with E-state index in [0.29, 0.717) is 22.9 Å². The van der Waals surface area contributed by atoms with Crippen LogP contribution in [0.15, 0.2) is 73.2 Å². The van der Waals surface area contributed by atoms with Gasteiger partial charge in [0.1, 0.15) is 48.8 Å². The number of carboxylic acids is 1. The number of nitro groups is 2. The largest absolute Gasteiger partial charge is 1.00 e. The number of nitrogens with two attached hydrogens (primary N) is 7. The molecule has 3 aromatic heterocycles. The van der Waals surface area contributed by atoms with Gasteiger partial charge in [0.05, 0.1) is 42.0 Å². The number of rotatable bonds is 7. The molecule has 0 saturated carbocycles. The van der Waals surface area contributed by atoms with Gasteiger partial charge in [0.15, 0.2) is 5.75 Å². The van der Waals surface area contributed by atoms with Crippen LogP contribution < -0.4 is 158 Å². The first-order chi connectivity index (χ1) is 31.3. The van der Waals surface area contributed by atoms with E-state index in [9.17, 15) is 20.2 Å². The molecule has 3 heterocycles. The summed E-state index contributed by atoms with van der Waals surface area (Å²) in [5.74, 6) is -0.401. The van der Waals surface area contributed by atoms with Crippen LogP contribution in [0.4, 0.5) is 51.6 Å². The number of anilines is 7. The Bertz CT molecular complexity index is 2690. The van der Waals surface area contributed by atoms with Gasteiger partial charge in [-0.15, -0.1) is 0 Å². The van der Waals surface area contributed by atoms with Crippen LogP contribution in [0, 0.1) is 20.2 Å². The van der Waals surface area contributed by atoms with E-state index in [1.165, 1.54) is 55.0 Å². The van der Waals surface area contributed by atoms with Crippen LogP contribution in [0.5, 0.6) is 28.7 Å². The fourth-order valence-corrected chi connectivity index (χ4v) is 5.23. The molecule has 70 heavy (non-hydrogen) atoms. The number of benzene rings is 3. The molecule has 0 bridgehead atoms. The van der Waals surface area contributed by atoms with Crippen LogP contribution >= 0.6 is 81.2 Å². The first-order valence-corrected chi connectivity index (χ1v) is 19.6. The Balaban J connectivity index is -0.000000404. The third-order valence-electron chi connectivity index (χ3n) is 6.89. The van der Waals surface area contributed by atoms with Crippen LogP contribution in [0.2, 0.25) is 35.2 Å². The second-order valence-electron chi connectivity index (χ2n) is 11.5. The number of carbonyl (C=O) groups is 2. The van der Waals surface area contributed by atoms with Crippen LogP contribution in [0.1, 0.15) is 8.35 Å². The molecular weight excluding hydrogens is 1170 g/mol. The minimum Gasteiger partial charge on any atom is -1.00 e. The molecule has 0 aliphatic rings. The molecule has 24 nitrogen and oxygen atoms in total. The number of hydrogen-bond acceptors (Lipinski definition) is 21. The zero-order chi connectivity index (χ0) is 51.3. The van der Waals surface area contributed by atoms with Crippen molar-refractivity contribution >= 4 is 145 Å². The van der Waals surface area contributed by atoms with E-state index in [-0.39, 0.29) is 215 Å². The van der Waals surface area contributed by atoms with E-state index < -0.39 is 21.5 Å². The second kappa shape index (κ2) is 35.7. The predicted molar refractivity (Wildman–Crippen MR) is 255 cm³/mol. The normalized spacial score (nSPS) is 9.16. The molecule has 6 aromatic rings. The van der Waals surface area contributed by atoms with Crippen LogP contribution in [-0.4, -0.2) is 47.5 Å². The van der Waals surface area contributed by atoms with Crippen molar-refractivity contribution in [2.45, 2.75) is 6.92 Å². The van der Waals surface area contributed by atoms with Gasteiger partial charge in [-0.1, -0.05) is 81.2 Å². The van der Waals surface area contributed by atoms with E-state index in [1.54, 1.807) is 18.2 Å². The van der Waals surface area contributed by atoms with Crippen LogP contribution in [0.3, 0.4) is 0 Å². The number of aliphatic carboxylic acids is 1. The van der Waals surface area contributed by atoms with E-state index in [4.69, 9.17) is 156 Å². The van der Waals surface area contributed by atoms with Gasteiger partial charge in [0, 0.05) is 54.7 Å². The summed E-state index contributed by atoms with van der Waals surface area (Å²) in [5.41, 5.74) is 39.0. The Morgan fingerprint density at radius 1 is 0.600 bits per heavy atom. The summed E-state index contributed by atoms with van der Waals surface area (Å²) in [7, 11) is 0. The van der Waals surface area contributed by atoms with Gasteiger partial charge in [-0.05, 0) is 42.5 Å². The first kappa shape index (κ1) is 70.9. The number of carboxylic acid groups (broad SMARTS) is 1. The van der Waals surface area contributed by atoms with Gasteiger partial charge >= 0.3 is 114 Å². The molecular formula is C36H33Cl7FeK2N12O12. The average molecular weight is 1210 g/mol. The number of nitrogen functional groups attached to an aromatic ring is 7. The molecule has 0 spiro atoms. The number of carbonyl (C=O) groups excluding carboxylic acids is 1. The number of ether oxygens (including phenoxy) is 2. The number of nitrogens with zero attached hydrogens (tertiary/aromatic N) is 5. The van der Waals surface area contributed by atoms with Crippen LogP contribution in [-0.2, 0) is 31.5 Å². The first-order valence-electron chi connectivity index (χ1n) is 16.9. The summed E-state index contributed by atoms with van der Waals surface area (Å²) < 4.78 is 10.9. The maximum absolute atomic E-state index is 11.0. The Labute approximate surface area is 527 Å². The Kier molecular flexibility index (Phi) is 36.2. The summed E-state index contributed by atoms with van der Waals surface area (Å²) >= 11 is 40.3. The molecule has 16 N–H and O–H groups in total. The summed E-state index contributed by atoms with van der Waals surface area (Å²) in [6, 6.07) is 13.2. The number of hydrogen-bond donors (Lipinski definition) is 9. The fraction of sp³-hybridized carbons (Fsp3) is 0.0278. The molecule has 0 fully saturated rings. The maximum Gasteiger partial charge on any atom is 1.00 e. The molecule has 0 aliphatic carbocycles. The molecule has 34 heteroatoms. The van der Waals surface area contributed by atoms with Crippen molar-refractivity contribution in [1.82, 2.24) is 15.0 Å². The van der Waals surface area contributed by atoms with Crippen molar-refractivity contribution in [2.75, 3.05) is 40.1 Å². The smallest absolute Gasteiger partial charge is 1.00 e. The molecule has 368 valence electrons. The summed E-state index contributed by atoms with van der Waals surface area (Å²) in [6.07, 6.45) is 4.07. The molecule has 0 radical (unpaired) electrons. The quantitative estimate of drug-likeness (QED) is 0.0211. The average Bonchev–Trinajstić information content (AvgIpc) is 3.26. The van der Waals surface area contributed by atoms with E-state index >= 15 is 0 Å². The fourth-order valence-electron chi connectivity index (χ4n) is 3.95. The van der Waals surface area contributed by atoms with Gasteiger partial charge < -0.3 is 71.4 Å². The third-order valence-corrected chi connectivity index (χ3v) is 9.84. The molecule has 6 rings (SSSR count). The molecule has 0 aliphatic heterocycles. The van der Waals surface area contributed by atoms with Crippen molar-refractivity contribution in [1.29, 1.82) is 0 Å². The molecule has 0 saturated heterocycles. The second-order valence-corrected chi connectivity index (χ2v) is 14.1. The minimum absolute atomic E-state index is 0. The van der Waals surface area contributed by atoms with E-state index in [1.807, 2.05) is 0 Å². The summed E-state index contributed by atoms with van der Waals surface area (Å²) in [6.45, 7) is 0.903. The number of aromatic hydroxyl groups is 1. The van der Waals surface area contributed by atoms with Crippen molar-refractivity contribution in [3.8, 4) is 28.7 Å². The standard InChI is InChI=1S/C11H8Cl2N4O3.C11H10Cl2N4O.C6H5Cl2NO.C5H4ClN3O2.C2H4O2.CH2O3.Fe.2K.H/c12-8-5(14)1-2-6(9(8)13)20-7-3-4-16-11(15)10(7)17(18)19;12-8-5(14)1-2-6(9(8)13)18-7-3-4-17-11(16)10(7)15;7-5-3(9)1-2-4(10)6(5)8;6-3-1-2-8-5(7)4(3)9(10)11;1-2(3)4;2-1-4-3;;;;/h1-4H,14H2,(H2,15,16);1-4H,14-15H2,(H2,16,17);1-2,10H,9H2;1-2H,(H2,7,8);1H3,(H,3,4);1,3H;;;;/q;;;;;;;2*+1;-1/p-1. The molecule has 0 amide bonds. The number of phenolic OH excluding ortho intramolecular Hbond substituents is 1. The molecule has 3 aromatic carbocycles. The van der Waals surface area contributed by atoms with Gasteiger partial charge in [-0.2, -0.15) is 0 Å². The molecule has 0 unspecified atom stereocenters.